The zero-order valence-electron chi connectivity index (χ0n) is 24.1. The van der Waals surface area contributed by atoms with Gasteiger partial charge in [-0.1, -0.05) is 80.6 Å². The Hall–Kier alpha value is -3.65. The van der Waals surface area contributed by atoms with E-state index < -0.39 is 28.5 Å². The Morgan fingerprint density at radius 1 is 0.875 bits per heavy atom. The van der Waals surface area contributed by atoms with Crippen molar-refractivity contribution in [3.05, 3.63) is 101 Å². The predicted molar refractivity (Wildman–Crippen MR) is 162 cm³/mol. The van der Waals surface area contributed by atoms with Gasteiger partial charge in [0.15, 0.2) is 0 Å². The number of benzene rings is 3. The van der Waals surface area contributed by atoms with Gasteiger partial charge in [-0.15, -0.1) is 0 Å². The summed E-state index contributed by atoms with van der Waals surface area (Å²) in [5.41, 5.74) is 4.26. The highest BCUT2D eigenvalue weighted by molar-refractivity contribution is 7.92. The summed E-state index contributed by atoms with van der Waals surface area (Å²) in [7, 11) is -3.79. The molecular weight excluding hydrogens is 522 g/mol. The molecule has 3 rings (SSSR count). The number of sulfonamides is 1. The Morgan fingerprint density at radius 2 is 1.50 bits per heavy atom. The number of anilines is 1. The molecule has 40 heavy (non-hydrogen) atoms. The van der Waals surface area contributed by atoms with Crippen LogP contribution in [0.15, 0.2) is 78.9 Å². The maximum atomic E-state index is 14.1. The van der Waals surface area contributed by atoms with Crippen molar-refractivity contribution in [2.45, 2.75) is 65.6 Å². The first-order valence-electron chi connectivity index (χ1n) is 13.8. The van der Waals surface area contributed by atoms with E-state index in [0.717, 1.165) is 45.7 Å². The average molecular weight is 564 g/mol. The van der Waals surface area contributed by atoms with Crippen molar-refractivity contribution >= 4 is 27.5 Å². The number of hydrogen-bond acceptors (Lipinski definition) is 4. The minimum atomic E-state index is -3.79. The average Bonchev–Trinajstić information content (AvgIpc) is 2.94. The smallest absolute Gasteiger partial charge is 0.244 e. The van der Waals surface area contributed by atoms with E-state index in [2.05, 4.69) is 5.32 Å². The highest BCUT2D eigenvalue weighted by Gasteiger charge is 2.33. The van der Waals surface area contributed by atoms with Gasteiger partial charge in [-0.25, -0.2) is 8.42 Å². The maximum absolute atomic E-state index is 14.1. The summed E-state index contributed by atoms with van der Waals surface area (Å²) >= 11 is 0. The molecule has 1 N–H and O–H groups in total. The fourth-order valence-corrected chi connectivity index (χ4v) is 5.33. The Kier molecular flexibility index (Phi) is 10.9. The summed E-state index contributed by atoms with van der Waals surface area (Å²) in [6.45, 7) is 7.65. The van der Waals surface area contributed by atoms with Gasteiger partial charge in [-0.3, -0.25) is 13.9 Å². The van der Waals surface area contributed by atoms with E-state index in [4.69, 9.17) is 0 Å². The number of aryl methyl sites for hydroxylation is 2. The van der Waals surface area contributed by atoms with Gasteiger partial charge in [0, 0.05) is 19.0 Å². The van der Waals surface area contributed by atoms with Gasteiger partial charge in [0.05, 0.1) is 11.9 Å². The second-order valence-electron chi connectivity index (χ2n) is 10.3. The SMILES string of the molecule is CCc1ccc(N(CC(=O)N(Cc2ccccc2C)[C@@H](Cc2ccccc2)C(=O)N[C@H](C)CC)S(C)(=O)=O)cc1. The largest absolute Gasteiger partial charge is 0.352 e. The third-order valence-electron chi connectivity index (χ3n) is 7.19. The van der Waals surface area contributed by atoms with Crippen LogP contribution >= 0.6 is 0 Å². The summed E-state index contributed by atoms with van der Waals surface area (Å²) in [5.74, 6) is -0.716. The molecule has 7 nitrogen and oxygen atoms in total. The molecule has 2 amide bonds. The zero-order chi connectivity index (χ0) is 29.3. The number of carbonyl (C=O) groups is 2. The second kappa shape index (κ2) is 14.1. The van der Waals surface area contributed by atoms with E-state index in [9.17, 15) is 18.0 Å². The van der Waals surface area contributed by atoms with Crippen LogP contribution in [0, 0.1) is 6.92 Å². The van der Waals surface area contributed by atoms with E-state index >= 15 is 0 Å². The lowest BCUT2D eigenvalue weighted by atomic mass is 10.0. The third kappa shape index (κ3) is 8.42. The van der Waals surface area contributed by atoms with Crippen molar-refractivity contribution in [1.82, 2.24) is 10.2 Å². The summed E-state index contributed by atoms with van der Waals surface area (Å²) in [5, 5.41) is 3.05. The summed E-state index contributed by atoms with van der Waals surface area (Å²) in [6.07, 6.45) is 2.95. The maximum Gasteiger partial charge on any atom is 0.244 e. The van der Waals surface area contributed by atoms with Crippen LogP contribution in [0.4, 0.5) is 5.69 Å². The molecule has 0 heterocycles. The Labute approximate surface area is 239 Å². The molecule has 0 aliphatic heterocycles. The molecule has 0 saturated carbocycles. The van der Waals surface area contributed by atoms with E-state index in [1.165, 1.54) is 4.90 Å². The van der Waals surface area contributed by atoms with Crippen LogP contribution in [0.5, 0.6) is 0 Å². The standard InChI is InChI=1S/C32H41N3O4S/c1-6-25(4)33-32(37)30(21-27-14-9-8-10-15-27)34(22-28-16-12-11-13-24(28)3)31(36)23-35(40(5,38)39)29-19-17-26(7-2)18-20-29/h8-20,25,30H,6-7,21-23H2,1-5H3,(H,33,37)/t25-,30+/m1/s1. The molecule has 0 aromatic heterocycles. The lowest BCUT2D eigenvalue weighted by molar-refractivity contribution is -0.140. The molecular formula is C32H41N3O4S. The molecule has 0 unspecified atom stereocenters. The molecule has 0 fully saturated rings. The Balaban J connectivity index is 2.06. The van der Waals surface area contributed by atoms with E-state index in [1.54, 1.807) is 12.1 Å². The van der Waals surface area contributed by atoms with E-state index in [0.29, 0.717) is 12.1 Å². The van der Waals surface area contributed by atoms with Gasteiger partial charge in [0.25, 0.3) is 0 Å². The fraction of sp³-hybridized carbons (Fsp3) is 0.375. The molecule has 0 saturated heterocycles. The quantitative estimate of drug-likeness (QED) is 0.321. The molecule has 0 aliphatic rings. The van der Waals surface area contributed by atoms with Crippen LogP contribution in [0.1, 0.15) is 49.4 Å². The number of nitrogens with one attached hydrogen (secondary N) is 1. The van der Waals surface area contributed by atoms with Gasteiger partial charge >= 0.3 is 0 Å². The van der Waals surface area contributed by atoms with Crippen molar-refractivity contribution < 1.29 is 18.0 Å². The first-order chi connectivity index (χ1) is 19.0. The first kappa shape index (κ1) is 30.9. The molecule has 2 atom stereocenters. The minimum absolute atomic E-state index is 0.0780. The molecule has 214 valence electrons. The Bertz CT molecular complexity index is 1370. The highest BCUT2D eigenvalue weighted by atomic mass is 32.2. The van der Waals surface area contributed by atoms with Gasteiger partial charge in [-0.05, 0) is 61.1 Å². The van der Waals surface area contributed by atoms with Crippen LogP contribution in [0.25, 0.3) is 0 Å². The summed E-state index contributed by atoms with van der Waals surface area (Å²) < 4.78 is 26.9. The molecule has 8 heteroatoms. The molecule has 0 radical (unpaired) electrons. The van der Waals surface area contributed by atoms with Crippen molar-refractivity contribution in [3.63, 3.8) is 0 Å². The van der Waals surface area contributed by atoms with Gasteiger partial charge < -0.3 is 10.2 Å². The number of carbonyl (C=O) groups excluding carboxylic acids is 2. The lowest BCUT2D eigenvalue weighted by Gasteiger charge is -2.34. The summed E-state index contributed by atoms with van der Waals surface area (Å²) in [6, 6.07) is 23.5. The van der Waals surface area contributed by atoms with Crippen LogP contribution in [0.3, 0.4) is 0 Å². The van der Waals surface area contributed by atoms with Crippen LogP contribution in [0.2, 0.25) is 0 Å². The molecule has 3 aromatic rings. The van der Waals surface area contributed by atoms with Crippen LogP contribution in [-0.2, 0) is 39.0 Å². The number of rotatable bonds is 13. The van der Waals surface area contributed by atoms with Gasteiger partial charge in [-0.2, -0.15) is 0 Å². The predicted octanol–water partition coefficient (Wildman–Crippen LogP) is 4.88. The van der Waals surface area contributed by atoms with Crippen LogP contribution in [-0.4, -0.2) is 50.0 Å². The minimum Gasteiger partial charge on any atom is -0.352 e. The fourth-order valence-electron chi connectivity index (χ4n) is 4.48. The van der Waals surface area contributed by atoms with Crippen molar-refractivity contribution in [1.29, 1.82) is 0 Å². The van der Waals surface area contributed by atoms with E-state index in [-0.39, 0.29) is 18.5 Å². The number of hydrogen-bond donors (Lipinski definition) is 1. The number of nitrogens with zero attached hydrogens (tertiary/aromatic N) is 2. The molecule has 3 aromatic carbocycles. The first-order valence-corrected chi connectivity index (χ1v) is 15.6. The van der Waals surface area contributed by atoms with Gasteiger partial charge in [0.2, 0.25) is 21.8 Å². The van der Waals surface area contributed by atoms with Gasteiger partial charge in [0.1, 0.15) is 12.6 Å². The summed E-state index contributed by atoms with van der Waals surface area (Å²) in [4.78, 5) is 29.4. The zero-order valence-corrected chi connectivity index (χ0v) is 24.9. The number of amides is 2. The topological polar surface area (TPSA) is 86.8 Å². The van der Waals surface area contributed by atoms with Crippen LogP contribution < -0.4 is 9.62 Å². The second-order valence-corrected chi connectivity index (χ2v) is 12.2. The molecule has 0 aliphatic carbocycles. The third-order valence-corrected chi connectivity index (χ3v) is 8.33. The van der Waals surface area contributed by atoms with Crippen molar-refractivity contribution in [3.8, 4) is 0 Å². The normalized spacial score (nSPS) is 12.8. The molecule has 0 spiro atoms. The highest BCUT2D eigenvalue weighted by Crippen LogP contribution is 2.22. The molecule has 0 bridgehead atoms. The Morgan fingerprint density at radius 3 is 2.08 bits per heavy atom. The van der Waals surface area contributed by atoms with E-state index in [1.807, 2.05) is 94.4 Å². The van der Waals surface area contributed by atoms with Crippen molar-refractivity contribution in [2.75, 3.05) is 17.1 Å². The lowest BCUT2D eigenvalue weighted by Crippen LogP contribution is -2.54. The monoisotopic (exact) mass is 563 g/mol. The van der Waals surface area contributed by atoms with Crippen molar-refractivity contribution in [2.24, 2.45) is 0 Å².